The van der Waals surface area contributed by atoms with E-state index in [-0.39, 0.29) is 22.7 Å². The number of primary amides is 1. The van der Waals surface area contributed by atoms with E-state index in [9.17, 15) is 9.59 Å². The molecular formula is C20H30N4O2. The van der Waals surface area contributed by atoms with Gasteiger partial charge in [-0.15, -0.1) is 0 Å². The molecule has 0 unspecified atom stereocenters. The van der Waals surface area contributed by atoms with Crippen LogP contribution < -0.4 is 17.0 Å². The third-order valence-corrected chi connectivity index (χ3v) is 6.48. The maximum absolute atomic E-state index is 12.1. The molecule has 142 valence electrons. The molecule has 26 heavy (non-hydrogen) atoms. The van der Waals surface area contributed by atoms with Crippen LogP contribution in [0.3, 0.4) is 0 Å². The molecular weight excluding hydrogens is 328 g/mol. The summed E-state index contributed by atoms with van der Waals surface area (Å²) in [6.45, 7) is 0.855. The normalized spacial score (nSPS) is 23.2. The minimum atomic E-state index is -0.0717. The van der Waals surface area contributed by atoms with E-state index >= 15 is 0 Å². The summed E-state index contributed by atoms with van der Waals surface area (Å²) in [5.74, 6) is 1.51. The number of nitrogens with zero attached hydrogens (tertiary/aromatic N) is 2. The van der Waals surface area contributed by atoms with E-state index in [4.69, 9.17) is 11.5 Å². The Balaban J connectivity index is 0.000000157. The van der Waals surface area contributed by atoms with Crippen molar-refractivity contribution in [2.24, 2.45) is 23.0 Å². The smallest absolute Gasteiger partial charge is 0.293 e. The number of nitrogen functional groups attached to an aromatic ring is 1. The van der Waals surface area contributed by atoms with Crippen molar-refractivity contribution in [3.63, 3.8) is 0 Å². The Morgan fingerprint density at radius 1 is 1.12 bits per heavy atom. The average Bonchev–Trinajstić information content (AvgIpc) is 3.49. The van der Waals surface area contributed by atoms with Gasteiger partial charge < -0.3 is 16.0 Å². The van der Waals surface area contributed by atoms with Crippen molar-refractivity contribution in [3.05, 3.63) is 21.7 Å². The lowest BCUT2D eigenvalue weighted by atomic mass is 10.0. The van der Waals surface area contributed by atoms with Crippen molar-refractivity contribution in [2.75, 3.05) is 5.73 Å². The molecule has 4 aliphatic carbocycles. The molecule has 6 heteroatoms. The zero-order chi connectivity index (χ0) is 18.3. The first-order valence-corrected chi connectivity index (χ1v) is 10.2. The molecule has 1 heterocycles. The van der Waals surface area contributed by atoms with Crippen molar-refractivity contribution in [2.45, 2.75) is 77.2 Å². The van der Waals surface area contributed by atoms with E-state index in [2.05, 4.69) is 4.98 Å². The topological polar surface area (TPSA) is 104 Å². The SMILES string of the molecule is NC(=O)C1(C2CC2)CC1.Nc1nc2c(n(CC3CC3)c1=O)CCCCC2. The second-order valence-electron chi connectivity index (χ2n) is 8.60. The van der Waals surface area contributed by atoms with Gasteiger partial charge in [0, 0.05) is 12.2 Å². The molecule has 0 aromatic carbocycles. The van der Waals surface area contributed by atoms with Crippen LogP contribution in [0.4, 0.5) is 5.82 Å². The molecule has 0 radical (unpaired) electrons. The van der Waals surface area contributed by atoms with Crippen LogP contribution in [0.2, 0.25) is 0 Å². The number of rotatable bonds is 4. The van der Waals surface area contributed by atoms with Crippen LogP contribution in [-0.4, -0.2) is 15.5 Å². The molecule has 3 fully saturated rings. The number of nitrogens with two attached hydrogens (primary N) is 2. The first-order valence-electron chi connectivity index (χ1n) is 10.2. The van der Waals surface area contributed by atoms with Gasteiger partial charge in [-0.25, -0.2) is 4.98 Å². The molecule has 4 aliphatic rings. The van der Waals surface area contributed by atoms with Gasteiger partial charge in [0.05, 0.1) is 11.1 Å². The zero-order valence-corrected chi connectivity index (χ0v) is 15.5. The molecule has 1 aromatic rings. The lowest BCUT2D eigenvalue weighted by Crippen LogP contribution is -2.29. The highest BCUT2D eigenvalue weighted by Gasteiger charge is 2.58. The summed E-state index contributed by atoms with van der Waals surface area (Å²) in [5.41, 5.74) is 13.1. The number of carbonyl (C=O) groups is 1. The monoisotopic (exact) mass is 358 g/mol. The van der Waals surface area contributed by atoms with Crippen molar-refractivity contribution < 1.29 is 4.79 Å². The number of anilines is 1. The van der Waals surface area contributed by atoms with E-state index in [1.165, 1.54) is 44.9 Å². The standard InChI is InChI=1S/C13H19N3O.C7H11NO/c14-12-13(17)16(8-9-6-7-9)11-5-3-1-2-4-10(11)15-12;8-6(9)7(3-4-7)5-1-2-5/h9H,1-8H2,(H2,14,15);5H,1-4H2,(H2,8,9). The van der Waals surface area contributed by atoms with E-state index < -0.39 is 0 Å². The molecule has 0 saturated heterocycles. The number of aromatic nitrogens is 2. The Labute approximate surface area is 154 Å². The maximum Gasteiger partial charge on any atom is 0.293 e. The van der Waals surface area contributed by atoms with Crippen molar-refractivity contribution in [1.82, 2.24) is 9.55 Å². The number of aryl methyl sites for hydroxylation is 1. The number of fused-ring (bicyclic) bond motifs is 1. The molecule has 0 spiro atoms. The highest BCUT2D eigenvalue weighted by Crippen LogP contribution is 2.60. The Hall–Kier alpha value is -1.85. The van der Waals surface area contributed by atoms with E-state index in [1.54, 1.807) is 0 Å². The van der Waals surface area contributed by atoms with E-state index in [0.29, 0.717) is 11.8 Å². The van der Waals surface area contributed by atoms with E-state index in [1.807, 2.05) is 4.57 Å². The summed E-state index contributed by atoms with van der Waals surface area (Å²) in [4.78, 5) is 27.2. The van der Waals surface area contributed by atoms with Crippen molar-refractivity contribution >= 4 is 11.7 Å². The van der Waals surface area contributed by atoms with Crippen molar-refractivity contribution in [3.8, 4) is 0 Å². The fraction of sp³-hybridized carbons (Fsp3) is 0.750. The van der Waals surface area contributed by atoms with Gasteiger partial charge in [0.25, 0.3) is 5.56 Å². The van der Waals surface area contributed by atoms with Crippen LogP contribution in [-0.2, 0) is 24.2 Å². The summed E-state index contributed by atoms with van der Waals surface area (Å²) >= 11 is 0. The lowest BCUT2D eigenvalue weighted by molar-refractivity contribution is -0.123. The number of carbonyl (C=O) groups excluding carboxylic acids is 1. The second-order valence-corrected chi connectivity index (χ2v) is 8.60. The zero-order valence-electron chi connectivity index (χ0n) is 15.5. The van der Waals surface area contributed by atoms with Gasteiger partial charge in [0.15, 0.2) is 5.82 Å². The predicted molar refractivity (Wildman–Crippen MR) is 100 cm³/mol. The summed E-state index contributed by atoms with van der Waals surface area (Å²) in [6.07, 6.45) is 12.6. The van der Waals surface area contributed by atoms with Gasteiger partial charge in [-0.05, 0) is 76.0 Å². The Morgan fingerprint density at radius 3 is 2.35 bits per heavy atom. The molecule has 0 atom stereocenters. The lowest BCUT2D eigenvalue weighted by Gasteiger charge is -2.15. The minimum Gasteiger partial charge on any atom is -0.379 e. The van der Waals surface area contributed by atoms with Gasteiger partial charge in [0.2, 0.25) is 5.91 Å². The maximum atomic E-state index is 12.1. The molecule has 6 nitrogen and oxygen atoms in total. The summed E-state index contributed by atoms with van der Waals surface area (Å²) < 4.78 is 1.92. The van der Waals surface area contributed by atoms with E-state index in [0.717, 1.165) is 43.6 Å². The molecule has 0 aliphatic heterocycles. The highest BCUT2D eigenvalue weighted by atomic mass is 16.1. The van der Waals surface area contributed by atoms with Crippen molar-refractivity contribution in [1.29, 1.82) is 0 Å². The molecule has 4 N–H and O–H groups in total. The molecule has 3 saturated carbocycles. The summed E-state index contributed by atoms with van der Waals surface area (Å²) in [6, 6.07) is 0. The van der Waals surface area contributed by atoms with Crippen LogP contribution >= 0.6 is 0 Å². The van der Waals surface area contributed by atoms with Gasteiger partial charge >= 0.3 is 0 Å². The molecule has 5 rings (SSSR count). The highest BCUT2D eigenvalue weighted by molar-refractivity contribution is 5.84. The Bertz CT molecular complexity index is 758. The number of hydrogen-bond donors (Lipinski definition) is 2. The van der Waals surface area contributed by atoms with Crippen LogP contribution in [0.25, 0.3) is 0 Å². The van der Waals surface area contributed by atoms with Gasteiger partial charge in [0.1, 0.15) is 0 Å². The Morgan fingerprint density at radius 2 is 1.81 bits per heavy atom. The average molecular weight is 358 g/mol. The third kappa shape index (κ3) is 3.51. The Kier molecular flexibility index (Phi) is 4.53. The van der Waals surface area contributed by atoms with Gasteiger partial charge in [-0.2, -0.15) is 0 Å². The van der Waals surface area contributed by atoms with Crippen LogP contribution in [0, 0.1) is 17.3 Å². The van der Waals surface area contributed by atoms with Gasteiger partial charge in [-0.1, -0.05) is 6.42 Å². The third-order valence-electron chi connectivity index (χ3n) is 6.48. The predicted octanol–water partition coefficient (Wildman–Crippen LogP) is 2.17. The number of amides is 1. The quantitative estimate of drug-likeness (QED) is 0.805. The van der Waals surface area contributed by atoms with Crippen LogP contribution in [0.1, 0.15) is 69.2 Å². The molecule has 1 amide bonds. The van der Waals surface area contributed by atoms with Crippen LogP contribution in [0.15, 0.2) is 4.79 Å². The second kappa shape index (κ2) is 6.71. The minimum absolute atomic E-state index is 0.000000000000000222. The largest absolute Gasteiger partial charge is 0.379 e. The fourth-order valence-electron chi connectivity index (χ4n) is 4.29. The fourth-order valence-corrected chi connectivity index (χ4v) is 4.29. The molecule has 1 aromatic heterocycles. The molecule has 0 bridgehead atoms. The first kappa shape index (κ1) is 17.6. The summed E-state index contributed by atoms with van der Waals surface area (Å²) in [7, 11) is 0. The summed E-state index contributed by atoms with van der Waals surface area (Å²) in [5, 5.41) is 0. The number of hydrogen-bond acceptors (Lipinski definition) is 4. The first-order chi connectivity index (χ1) is 12.5. The van der Waals surface area contributed by atoms with Gasteiger partial charge in [-0.3, -0.25) is 9.59 Å². The van der Waals surface area contributed by atoms with Crippen LogP contribution in [0.5, 0.6) is 0 Å².